The lowest BCUT2D eigenvalue weighted by Gasteiger charge is -2.01. The van der Waals surface area contributed by atoms with Crippen molar-refractivity contribution in [3.05, 3.63) is 65.5 Å². The smallest absolute Gasteiger partial charge is 0.334 e. The number of hydrogen-bond acceptors (Lipinski definition) is 4. The highest BCUT2D eigenvalue weighted by atomic mass is 16.5. The van der Waals surface area contributed by atoms with Crippen LogP contribution in [0.4, 0.5) is 0 Å². The molecule has 1 aromatic heterocycles. The van der Waals surface area contributed by atoms with Gasteiger partial charge in [0.15, 0.2) is 12.4 Å². The van der Waals surface area contributed by atoms with E-state index in [1.54, 1.807) is 12.1 Å². The van der Waals surface area contributed by atoms with Gasteiger partial charge in [0.25, 0.3) is 0 Å². The third kappa shape index (κ3) is 3.17. The number of nitrogens with zero attached hydrogens (tertiary/aromatic N) is 1. The van der Waals surface area contributed by atoms with Gasteiger partial charge >= 0.3 is 5.97 Å². The molecule has 0 spiro atoms. The Bertz CT molecular complexity index is 723. The van der Waals surface area contributed by atoms with Gasteiger partial charge in [0.1, 0.15) is 5.69 Å². The van der Waals surface area contributed by atoms with Crippen LogP contribution >= 0.6 is 0 Å². The standard InChI is InChI=1S/C18H17NO3/c1-2-13-7-9-14(10-8-13)17-11-16(22-19-17)12-21-18(20)15-5-3-4-6-15/h3-5,7-11H,2,6,12H2,1H3. The number of aromatic nitrogens is 1. The largest absolute Gasteiger partial charge is 0.454 e. The predicted molar refractivity (Wildman–Crippen MR) is 83.0 cm³/mol. The number of aryl methyl sites for hydroxylation is 1. The van der Waals surface area contributed by atoms with Gasteiger partial charge in [0, 0.05) is 17.2 Å². The molecule has 4 nitrogen and oxygen atoms in total. The van der Waals surface area contributed by atoms with Crippen LogP contribution in [0.2, 0.25) is 0 Å². The molecule has 0 N–H and O–H groups in total. The molecule has 112 valence electrons. The molecule has 1 aliphatic carbocycles. The number of rotatable bonds is 5. The fourth-order valence-electron chi connectivity index (χ4n) is 2.26. The minimum atomic E-state index is -0.310. The fraction of sp³-hybridized carbons (Fsp3) is 0.222. The average Bonchev–Trinajstić information content (AvgIpc) is 3.24. The van der Waals surface area contributed by atoms with Crippen molar-refractivity contribution >= 4 is 5.97 Å². The lowest BCUT2D eigenvalue weighted by atomic mass is 10.1. The summed E-state index contributed by atoms with van der Waals surface area (Å²) in [5.41, 5.74) is 3.67. The number of carbonyl (C=O) groups excluding carboxylic acids is 1. The van der Waals surface area contributed by atoms with Gasteiger partial charge in [0.2, 0.25) is 0 Å². The molecule has 2 aromatic rings. The highest BCUT2D eigenvalue weighted by molar-refractivity contribution is 5.89. The quantitative estimate of drug-likeness (QED) is 0.787. The van der Waals surface area contributed by atoms with E-state index >= 15 is 0 Å². The highest BCUT2D eigenvalue weighted by Crippen LogP contribution is 2.21. The van der Waals surface area contributed by atoms with E-state index in [-0.39, 0.29) is 12.6 Å². The van der Waals surface area contributed by atoms with Crippen molar-refractivity contribution in [2.24, 2.45) is 0 Å². The second kappa shape index (κ2) is 6.43. The molecular weight excluding hydrogens is 278 g/mol. The first-order chi connectivity index (χ1) is 10.8. The SMILES string of the molecule is CCc1ccc(-c2cc(COC(=O)C3=CC=CC3)on2)cc1. The van der Waals surface area contributed by atoms with E-state index in [4.69, 9.17) is 9.26 Å². The van der Waals surface area contributed by atoms with Gasteiger partial charge in [-0.2, -0.15) is 0 Å². The van der Waals surface area contributed by atoms with Gasteiger partial charge in [-0.3, -0.25) is 0 Å². The fourth-order valence-corrected chi connectivity index (χ4v) is 2.26. The third-order valence-corrected chi connectivity index (χ3v) is 3.60. The summed E-state index contributed by atoms with van der Waals surface area (Å²) in [5.74, 6) is 0.227. The summed E-state index contributed by atoms with van der Waals surface area (Å²) < 4.78 is 10.4. The van der Waals surface area contributed by atoms with Crippen LogP contribution in [0, 0.1) is 0 Å². The second-order valence-corrected chi connectivity index (χ2v) is 5.13. The van der Waals surface area contributed by atoms with Gasteiger partial charge < -0.3 is 9.26 Å². The maximum Gasteiger partial charge on any atom is 0.334 e. The minimum Gasteiger partial charge on any atom is -0.454 e. The zero-order valence-corrected chi connectivity index (χ0v) is 12.4. The molecule has 1 aliphatic rings. The Morgan fingerprint density at radius 2 is 2.14 bits per heavy atom. The van der Waals surface area contributed by atoms with Gasteiger partial charge in [-0.05, 0) is 18.4 Å². The van der Waals surface area contributed by atoms with Gasteiger partial charge in [-0.1, -0.05) is 54.6 Å². The molecule has 0 fully saturated rings. The second-order valence-electron chi connectivity index (χ2n) is 5.13. The summed E-state index contributed by atoms with van der Waals surface area (Å²) in [7, 11) is 0. The zero-order chi connectivity index (χ0) is 15.4. The monoisotopic (exact) mass is 295 g/mol. The van der Waals surface area contributed by atoms with Crippen LogP contribution in [0.5, 0.6) is 0 Å². The number of ether oxygens (including phenoxy) is 1. The van der Waals surface area contributed by atoms with E-state index in [2.05, 4.69) is 24.2 Å². The van der Waals surface area contributed by atoms with Crippen LogP contribution in [0.1, 0.15) is 24.7 Å². The lowest BCUT2D eigenvalue weighted by Crippen LogP contribution is -2.06. The van der Waals surface area contributed by atoms with Crippen molar-refractivity contribution < 1.29 is 14.1 Å². The maximum absolute atomic E-state index is 11.8. The minimum absolute atomic E-state index is 0.0935. The van der Waals surface area contributed by atoms with E-state index < -0.39 is 0 Å². The molecule has 0 unspecified atom stereocenters. The summed E-state index contributed by atoms with van der Waals surface area (Å²) in [6.45, 7) is 2.21. The molecular formula is C18H17NO3. The van der Waals surface area contributed by atoms with E-state index in [9.17, 15) is 4.79 Å². The van der Waals surface area contributed by atoms with Crippen molar-refractivity contribution in [3.8, 4) is 11.3 Å². The summed E-state index contributed by atoms with van der Waals surface area (Å²) in [6.07, 6.45) is 7.17. The van der Waals surface area contributed by atoms with E-state index in [0.717, 1.165) is 17.7 Å². The first-order valence-electron chi connectivity index (χ1n) is 7.34. The van der Waals surface area contributed by atoms with Gasteiger partial charge in [-0.25, -0.2) is 4.79 Å². The molecule has 1 aromatic carbocycles. The lowest BCUT2D eigenvalue weighted by molar-refractivity contribution is -0.140. The molecule has 0 radical (unpaired) electrons. The molecule has 0 bridgehead atoms. The Hall–Kier alpha value is -2.62. The van der Waals surface area contributed by atoms with Crippen LogP contribution in [-0.2, 0) is 22.6 Å². The number of benzene rings is 1. The van der Waals surface area contributed by atoms with Crippen LogP contribution in [0.3, 0.4) is 0 Å². The van der Waals surface area contributed by atoms with Crippen molar-refractivity contribution in [3.63, 3.8) is 0 Å². The molecule has 0 atom stereocenters. The molecule has 3 rings (SSSR count). The van der Waals surface area contributed by atoms with Crippen molar-refractivity contribution in [1.29, 1.82) is 0 Å². The molecule has 22 heavy (non-hydrogen) atoms. The van der Waals surface area contributed by atoms with Crippen LogP contribution in [0.15, 0.2) is 58.7 Å². The Kier molecular flexibility index (Phi) is 4.19. The topological polar surface area (TPSA) is 52.3 Å². The Labute approximate surface area is 129 Å². The average molecular weight is 295 g/mol. The summed E-state index contributed by atoms with van der Waals surface area (Å²) in [5, 5.41) is 4.02. The Balaban J connectivity index is 1.62. The van der Waals surface area contributed by atoms with Crippen LogP contribution in [-0.4, -0.2) is 11.1 Å². The molecule has 0 amide bonds. The summed E-state index contributed by atoms with van der Waals surface area (Å²) in [4.78, 5) is 11.8. The highest BCUT2D eigenvalue weighted by Gasteiger charge is 2.13. The maximum atomic E-state index is 11.8. The van der Waals surface area contributed by atoms with Gasteiger partial charge in [-0.15, -0.1) is 0 Å². The summed E-state index contributed by atoms with van der Waals surface area (Å²) >= 11 is 0. The Morgan fingerprint density at radius 3 is 2.82 bits per heavy atom. The Morgan fingerprint density at radius 1 is 1.32 bits per heavy atom. The number of hydrogen-bond donors (Lipinski definition) is 0. The number of carbonyl (C=O) groups is 1. The van der Waals surface area contributed by atoms with Crippen molar-refractivity contribution in [2.75, 3.05) is 0 Å². The van der Waals surface area contributed by atoms with Gasteiger partial charge in [0.05, 0.1) is 0 Å². The molecule has 0 aliphatic heterocycles. The number of allylic oxidation sites excluding steroid dienone is 3. The molecule has 0 saturated carbocycles. The molecule has 4 heteroatoms. The molecule has 1 heterocycles. The molecule has 0 saturated heterocycles. The van der Waals surface area contributed by atoms with Crippen molar-refractivity contribution in [1.82, 2.24) is 5.16 Å². The van der Waals surface area contributed by atoms with E-state index in [0.29, 0.717) is 17.8 Å². The van der Waals surface area contributed by atoms with Crippen LogP contribution in [0.25, 0.3) is 11.3 Å². The van der Waals surface area contributed by atoms with Crippen molar-refractivity contribution in [2.45, 2.75) is 26.4 Å². The zero-order valence-electron chi connectivity index (χ0n) is 12.4. The van der Waals surface area contributed by atoms with E-state index in [1.165, 1.54) is 5.56 Å². The predicted octanol–water partition coefficient (Wildman–Crippen LogP) is 3.83. The van der Waals surface area contributed by atoms with E-state index in [1.807, 2.05) is 24.3 Å². The van der Waals surface area contributed by atoms with Crippen LogP contribution < -0.4 is 0 Å². The summed E-state index contributed by atoms with van der Waals surface area (Å²) in [6, 6.07) is 9.98. The first-order valence-corrected chi connectivity index (χ1v) is 7.34. The number of esters is 1. The third-order valence-electron chi connectivity index (χ3n) is 3.60. The first kappa shape index (κ1) is 14.3. The normalized spacial score (nSPS) is 13.2.